The highest BCUT2D eigenvalue weighted by molar-refractivity contribution is 9.10. The van der Waals surface area contributed by atoms with Crippen molar-refractivity contribution in [3.8, 4) is 11.3 Å². The Kier molecular flexibility index (Phi) is 5.86. The van der Waals surface area contributed by atoms with Crippen LogP contribution in [0, 0.1) is 10.1 Å². The van der Waals surface area contributed by atoms with Crippen LogP contribution in [0.15, 0.2) is 53.0 Å². The molecule has 0 bridgehead atoms. The number of rotatable bonds is 7. The first kappa shape index (κ1) is 21.2. The van der Waals surface area contributed by atoms with Crippen molar-refractivity contribution in [1.82, 2.24) is 15.1 Å². The van der Waals surface area contributed by atoms with Crippen LogP contribution in [0.4, 0.5) is 5.69 Å². The van der Waals surface area contributed by atoms with Crippen LogP contribution in [0.3, 0.4) is 0 Å². The molecule has 0 saturated heterocycles. The van der Waals surface area contributed by atoms with Gasteiger partial charge < -0.3 is 14.4 Å². The van der Waals surface area contributed by atoms with Crippen LogP contribution in [0.25, 0.3) is 11.3 Å². The van der Waals surface area contributed by atoms with Gasteiger partial charge in [0.1, 0.15) is 5.69 Å². The van der Waals surface area contributed by atoms with Gasteiger partial charge in [0.25, 0.3) is 11.6 Å². The van der Waals surface area contributed by atoms with Gasteiger partial charge in [-0.25, -0.2) is 0 Å². The average Bonchev–Trinajstić information content (AvgIpc) is 3.31. The van der Waals surface area contributed by atoms with E-state index in [2.05, 4.69) is 26.1 Å². The van der Waals surface area contributed by atoms with Crippen molar-refractivity contribution < 1.29 is 19.2 Å². The normalized spacial score (nSPS) is 15.5. The largest absolute Gasteiger partial charge is 0.354 e. The molecule has 1 aliphatic rings. The van der Waals surface area contributed by atoms with E-state index in [0.29, 0.717) is 22.5 Å². The minimum absolute atomic E-state index is 0.0536. The minimum atomic E-state index is -0.654. The van der Waals surface area contributed by atoms with Gasteiger partial charge >= 0.3 is 0 Å². The SMILES string of the molecule is COC(CN1C(=O)c2[nH]nc(-c3ccc(Br)cc3)c2C1c1cccc([N+](=O)[O-])c1)OC. The Balaban J connectivity index is 1.87. The summed E-state index contributed by atoms with van der Waals surface area (Å²) in [5.74, 6) is -0.276. The molecule has 1 N–H and O–H groups in total. The Bertz CT molecular complexity index is 1130. The Morgan fingerprint density at radius 3 is 2.58 bits per heavy atom. The number of aromatic amines is 1. The standard InChI is InChI=1S/C21H19BrN4O5/c1-30-16(31-2)11-25-20(13-4-3-5-15(10-13)26(28)29)17-18(23-24-19(17)21(25)27)12-6-8-14(22)9-7-12/h3-10,16,20H,11H2,1-2H3,(H,23,24). The fourth-order valence-electron chi connectivity index (χ4n) is 3.77. The van der Waals surface area contributed by atoms with Gasteiger partial charge in [-0.3, -0.25) is 20.0 Å². The number of nitrogens with one attached hydrogen (secondary N) is 1. The molecule has 10 heteroatoms. The number of benzene rings is 2. The highest BCUT2D eigenvalue weighted by atomic mass is 79.9. The predicted molar refractivity (Wildman–Crippen MR) is 116 cm³/mol. The Morgan fingerprint density at radius 2 is 1.94 bits per heavy atom. The van der Waals surface area contributed by atoms with Crippen molar-refractivity contribution in [2.24, 2.45) is 0 Å². The van der Waals surface area contributed by atoms with Crippen LogP contribution in [0.5, 0.6) is 0 Å². The van der Waals surface area contributed by atoms with Gasteiger partial charge in [0.2, 0.25) is 0 Å². The summed E-state index contributed by atoms with van der Waals surface area (Å²) in [6, 6.07) is 13.2. The Labute approximate surface area is 186 Å². The molecule has 3 aromatic rings. The second kappa shape index (κ2) is 8.58. The zero-order valence-electron chi connectivity index (χ0n) is 16.7. The molecule has 31 heavy (non-hydrogen) atoms. The van der Waals surface area contributed by atoms with E-state index in [4.69, 9.17) is 9.47 Å². The van der Waals surface area contributed by atoms with Crippen LogP contribution in [-0.4, -0.2) is 53.0 Å². The van der Waals surface area contributed by atoms with Gasteiger partial charge in [0, 0.05) is 42.0 Å². The number of nitro benzene ring substituents is 1. The van der Waals surface area contributed by atoms with E-state index in [9.17, 15) is 14.9 Å². The zero-order chi connectivity index (χ0) is 22.1. The fourth-order valence-corrected chi connectivity index (χ4v) is 4.04. The highest BCUT2D eigenvalue weighted by Crippen LogP contribution is 2.43. The van der Waals surface area contributed by atoms with Crippen LogP contribution in [0.1, 0.15) is 27.7 Å². The molecule has 1 aliphatic heterocycles. The summed E-state index contributed by atoms with van der Waals surface area (Å²) >= 11 is 3.42. The quantitative estimate of drug-likeness (QED) is 0.307. The summed E-state index contributed by atoms with van der Waals surface area (Å²) in [7, 11) is 2.98. The van der Waals surface area contributed by atoms with Gasteiger partial charge in [-0.2, -0.15) is 5.10 Å². The molecule has 0 radical (unpaired) electrons. The number of nitrogens with zero attached hydrogens (tertiary/aromatic N) is 3. The molecule has 1 atom stereocenters. The van der Waals surface area contributed by atoms with Gasteiger partial charge in [0.05, 0.1) is 23.2 Å². The maximum atomic E-state index is 13.3. The van der Waals surface area contributed by atoms with E-state index in [1.807, 2.05) is 24.3 Å². The number of hydrogen-bond acceptors (Lipinski definition) is 6. The van der Waals surface area contributed by atoms with Crippen molar-refractivity contribution in [2.75, 3.05) is 20.8 Å². The summed E-state index contributed by atoms with van der Waals surface area (Å²) in [6.45, 7) is 0.140. The van der Waals surface area contributed by atoms with Crippen molar-refractivity contribution in [2.45, 2.75) is 12.3 Å². The number of carbonyl (C=O) groups is 1. The third-order valence-electron chi connectivity index (χ3n) is 5.25. The van der Waals surface area contributed by atoms with Crippen molar-refractivity contribution in [1.29, 1.82) is 0 Å². The predicted octanol–water partition coefficient (Wildman–Crippen LogP) is 3.91. The molecule has 0 fully saturated rings. The number of carbonyl (C=O) groups excluding carboxylic acids is 1. The lowest BCUT2D eigenvalue weighted by Crippen LogP contribution is -2.38. The average molecular weight is 487 g/mol. The molecule has 1 amide bonds. The smallest absolute Gasteiger partial charge is 0.273 e. The molecule has 0 spiro atoms. The number of non-ortho nitro benzene ring substituents is 1. The molecule has 9 nitrogen and oxygen atoms in total. The molecule has 1 unspecified atom stereocenters. The van der Waals surface area contributed by atoms with Gasteiger partial charge in [0.15, 0.2) is 6.29 Å². The van der Waals surface area contributed by atoms with Gasteiger partial charge in [-0.05, 0) is 17.7 Å². The van der Waals surface area contributed by atoms with E-state index >= 15 is 0 Å². The first-order valence-electron chi connectivity index (χ1n) is 9.39. The maximum Gasteiger partial charge on any atom is 0.273 e. The molecule has 2 aromatic carbocycles. The van der Waals surface area contributed by atoms with Gasteiger partial charge in [-0.15, -0.1) is 0 Å². The lowest BCUT2D eigenvalue weighted by Gasteiger charge is -2.29. The molecule has 2 heterocycles. The molecule has 0 aliphatic carbocycles. The van der Waals surface area contributed by atoms with Crippen LogP contribution < -0.4 is 0 Å². The fraction of sp³-hybridized carbons (Fsp3) is 0.238. The summed E-state index contributed by atoms with van der Waals surface area (Å²) in [4.78, 5) is 25.8. The van der Waals surface area contributed by atoms with Crippen LogP contribution in [0.2, 0.25) is 0 Å². The number of amides is 1. The number of ether oxygens (including phenoxy) is 2. The number of H-pyrrole nitrogens is 1. The Hall–Kier alpha value is -3.08. The zero-order valence-corrected chi connectivity index (χ0v) is 18.3. The molecule has 0 saturated carbocycles. The third kappa shape index (κ3) is 3.85. The topological polar surface area (TPSA) is 111 Å². The molecular weight excluding hydrogens is 468 g/mol. The van der Waals surface area contributed by atoms with Gasteiger partial charge in [-0.1, -0.05) is 40.2 Å². The summed E-state index contributed by atoms with van der Waals surface area (Å²) in [6.07, 6.45) is -0.654. The molecular formula is C21H19BrN4O5. The summed E-state index contributed by atoms with van der Waals surface area (Å²) < 4.78 is 11.5. The van der Waals surface area contributed by atoms with E-state index < -0.39 is 17.3 Å². The number of halogens is 1. The van der Waals surface area contributed by atoms with E-state index in [0.717, 1.165) is 10.0 Å². The lowest BCUT2D eigenvalue weighted by atomic mass is 9.96. The number of aromatic nitrogens is 2. The summed E-state index contributed by atoms with van der Waals surface area (Å²) in [5, 5.41) is 18.6. The van der Waals surface area contributed by atoms with Crippen molar-refractivity contribution in [3.63, 3.8) is 0 Å². The van der Waals surface area contributed by atoms with Crippen LogP contribution >= 0.6 is 15.9 Å². The number of fused-ring (bicyclic) bond motifs is 1. The van der Waals surface area contributed by atoms with E-state index in [-0.39, 0.29) is 18.1 Å². The molecule has 160 valence electrons. The van der Waals surface area contributed by atoms with E-state index in [1.165, 1.54) is 26.4 Å². The number of hydrogen-bond donors (Lipinski definition) is 1. The first-order chi connectivity index (χ1) is 14.9. The molecule has 1 aromatic heterocycles. The summed E-state index contributed by atoms with van der Waals surface area (Å²) in [5.41, 5.74) is 3.00. The maximum absolute atomic E-state index is 13.3. The minimum Gasteiger partial charge on any atom is -0.354 e. The lowest BCUT2D eigenvalue weighted by molar-refractivity contribution is -0.384. The number of nitro groups is 1. The number of methoxy groups -OCH3 is 2. The third-order valence-corrected chi connectivity index (χ3v) is 5.78. The second-order valence-corrected chi connectivity index (χ2v) is 7.90. The highest BCUT2D eigenvalue weighted by Gasteiger charge is 2.43. The van der Waals surface area contributed by atoms with Crippen molar-refractivity contribution >= 4 is 27.5 Å². The van der Waals surface area contributed by atoms with E-state index in [1.54, 1.807) is 17.0 Å². The Morgan fingerprint density at radius 1 is 1.23 bits per heavy atom. The monoisotopic (exact) mass is 486 g/mol. The van der Waals surface area contributed by atoms with Crippen molar-refractivity contribution in [3.05, 3.63) is 79.9 Å². The second-order valence-electron chi connectivity index (χ2n) is 6.98. The van der Waals surface area contributed by atoms with Crippen LogP contribution in [-0.2, 0) is 9.47 Å². The first-order valence-corrected chi connectivity index (χ1v) is 10.2. The molecule has 4 rings (SSSR count).